The Morgan fingerprint density at radius 2 is 2.00 bits per heavy atom. The lowest BCUT2D eigenvalue weighted by Crippen LogP contribution is -2.41. The van der Waals surface area contributed by atoms with Crippen LogP contribution in [-0.2, 0) is 4.79 Å². The second-order valence-electron chi connectivity index (χ2n) is 6.61. The minimum atomic E-state index is -0.324. The Kier molecular flexibility index (Phi) is 4.03. The molecule has 130 valence electrons. The van der Waals surface area contributed by atoms with Gasteiger partial charge in [0.05, 0.1) is 5.69 Å². The maximum atomic E-state index is 13.3. The van der Waals surface area contributed by atoms with Gasteiger partial charge in [0.2, 0.25) is 5.91 Å². The van der Waals surface area contributed by atoms with E-state index in [-0.39, 0.29) is 23.7 Å². The predicted molar refractivity (Wildman–Crippen MR) is 91.7 cm³/mol. The lowest BCUT2D eigenvalue weighted by atomic mass is 9.91. The molecule has 0 N–H and O–H groups in total. The SMILES string of the molecule is C[C@@H](C(=O)N1CCC(c2noc3cc(F)ccc23)CC1)n1cccc1. The molecule has 6 heteroatoms. The molecule has 25 heavy (non-hydrogen) atoms. The molecule has 0 unspecified atom stereocenters. The van der Waals surface area contributed by atoms with Gasteiger partial charge in [-0.3, -0.25) is 4.79 Å². The van der Waals surface area contributed by atoms with Crippen molar-refractivity contribution in [3.05, 3.63) is 54.2 Å². The van der Waals surface area contributed by atoms with Gasteiger partial charge >= 0.3 is 0 Å². The molecule has 1 saturated heterocycles. The molecule has 0 bridgehead atoms. The molecule has 3 aromatic rings. The van der Waals surface area contributed by atoms with Crippen molar-refractivity contribution in [1.29, 1.82) is 0 Å². The monoisotopic (exact) mass is 341 g/mol. The summed E-state index contributed by atoms with van der Waals surface area (Å²) >= 11 is 0. The van der Waals surface area contributed by atoms with Crippen LogP contribution in [0.15, 0.2) is 47.2 Å². The molecule has 1 amide bonds. The maximum absolute atomic E-state index is 13.3. The Morgan fingerprint density at radius 3 is 2.72 bits per heavy atom. The highest BCUT2D eigenvalue weighted by Crippen LogP contribution is 2.33. The van der Waals surface area contributed by atoms with Crippen LogP contribution in [0.1, 0.15) is 37.4 Å². The van der Waals surface area contributed by atoms with Gasteiger partial charge in [-0.05, 0) is 44.0 Å². The summed E-state index contributed by atoms with van der Waals surface area (Å²) in [5, 5.41) is 5.02. The number of carbonyl (C=O) groups is 1. The lowest BCUT2D eigenvalue weighted by Gasteiger charge is -2.33. The third kappa shape index (κ3) is 2.92. The standard InChI is InChI=1S/C19H20FN3O2/c1-13(22-8-2-3-9-22)19(24)23-10-6-14(7-11-23)18-16-5-4-15(20)12-17(16)25-21-18/h2-5,8-9,12-14H,6-7,10-11H2,1H3/t13-/m0/s1. The zero-order chi connectivity index (χ0) is 17.4. The largest absolute Gasteiger partial charge is 0.356 e. The first-order valence-electron chi connectivity index (χ1n) is 8.59. The van der Waals surface area contributed by atoms with Crippen LogP contribution in [0.25, 0.3) is 11.0 Å². The highest BCUT2D eigenvalue weighted by atomic mass is 19.1. The number of hydrogen-bond acceptors (Lipinski definition) is 3. The fourth-order valence-corrected chi connectivity index (χ4v) is 3.60. The summed E-state index contributed by atoms with van der Waals surface area (Å²) in [7, 11) is 0. The Bertz CT molecular complexity index is 879. The van der Waals surface area contributed by atoms with E-state index in [0.717, 1.165) is 23.9 Å². The molecule has 1 atom stereocenters. The molecule has 3 heterocycles. The summed E-state index contributed by atoms with van der Waals surface area (Å²) in [6.07, 6.45) is 5.50. The van der Waals surface area contributed by atoms with E-state index in [4.69, 9.17) is 4.52 Å². The van der Waals surface area contributed by atoms with E-state index in [9.17, 15) is 9.18 Å². The average molecular weight is 341 g/mol. The topological polar surface area (TPSA) is 51.3 Å². The van der Waals surface area contributed by atoms with Crippen LogP contribution in [0.4, 0.5) is 4.39 Å². The van der Waals surface area contributed by atoms with Gasteiger partial charge in [-0.1, -0.05) is 5.16 Å². The number of hydrogen-bond donors (Lipinski definition) is 0. The minimum Gasteiger partial charge on any atom is -0.356 e. The van der Waals surface area contributed by atoms with Crippen molar-refractivity contribution < 1.29 is 13.7 Å². The second kappa shape index (κ2) is 6.35. The van der Waals surface area contributed by atoms with Gasteiger partial charge in [-0.2, -0.15) is 0 Å². The zero-order valence-electron chi connectivity index (χ0n) is 14.1. The van der Waals surface area contributed by atoms with Gasteiger partial charge < -0.3 is 14.0 Å². The van der Waals surface area contributed by atoms with E-state index in [2.05, 4.69) is 5.16 Å². The molecule has 1 aromatic carbocycles. The normalized spacial score (nSPS) is 17.1. The molecule has 0 spiro atoms. The van der Waals surface area contributed by atoms with E-state index < -0.39 is 0 Å². The Morgan fingerprint density at radius 1 is 1.28 bits per heavy atom. The van der Waals surface area contributed by atoms with E-state index in [1.54, 1.807) is 6.07 Å². The van der Waals surface area contributed by atoms with Crippen LogP contribution in [0.5, 0.6) is 0 Å². The number of nitrogens with zero attached hydrogens (tertiary/aromatic N) is 3. The number of halogens is 1. The molecule has 5 nitrogen and oxygen atoms in total. The van der Waals surface area contributed by atoms with E-state index in [1.165, 1.54) is 12.1 Å². The van der Waals surface area contributed by atoms with Crippen LogP contribution < -0.4 is 0 Å². The molecule has 0 saturated carbocycles. The number of rotatable bonds is 3. The first kappa shape index (κ1) is 15.9. The molecule has 1 aliphatic rings. The van der Waals surface area contributed by atoms with Crippen LogP contribution in [-0.4, -0.2) is 33.6 Å². The van der Waals surface area contributed by atoms with Crippen molar-refractivity contribution in [2.75, 3.05) is 13.1 Å². The van der Waals surface area contributed by atoms with E-state index in [0.29, 0.717) is 18.7 Å². The van der Waals surface area contributed by atoms with Gasteiger partial charge in [-0.25, -0.2) is 4.39 Å². The van der Waals surface area contributed by atoms with Gasteiger partial charge in [-0.15, -0.1) is 0 Å². The number of fused-ring (bicyclic) bond motifs is 1. The van der Waals surface area contributed by atoms with Crippen molar-refractivity contribution >= 4 is 16.9 Å². The summed E-state index contributed by atoms with van der Waals surface area (Å²) in [6.45, 7) is 3.32. The fourth-order valence-electron chi connectivity index (χ4n) is 3.60. The first-order valence-corrected chi connectivity index (χ1v) is 8.59. The summed E-state index contributed by atoms with van der Waals surface area (Å²) in [5.74, 6) is 0.0500. The number of benzene rings is 1. The van der Waals surface area contributed by atoms with Crippen molar-refractivity contribution in [2.24, 2.45) is 0 Å². The molecule has 4 rings (SSSR count). The van der Waals surface area contributed by atoms with Crippen molar-refractivity contribution in [3.8, 4) is 0 Å². The van der Waals surface area contributed by atoms with Crippen molar-refractivity contribution in [3.63, 3.8) is 0 Å². The maximum Gasteiger partial charge on any atom is 0.245 e. The van der Waals surface area contributed by atoms with Crippen LogP contribution in [0, 0.1) is 5.82 Å². The molecule has 0 aliphatic carbocycles. The fraction of sp³-hybridized carbons (Fsp3) is 0.368. The van der Waals surface area contributed by atoms with Crippen LogP contribution in [0.2, 0.25) is 0 Å². The molecule has 1 fully saturated rings. The van der Waals surface area contributed by atoms with Gasteiger partial charge in [0.15, 0.2) is 5.58 Å². The predicted octanol–water partition coefficient (Wildman–Crippen LogP) is 3.74. The minimum absolute atomic E-state index is 0.140. The molecular formula is C19H20FN3O2. The molecule has 1 aliphatic heterocycles. The number of likely N-dealkylation sites (tertiary alicyclic amines) is 1. The highest BCUT2D eigenvalue weighted by Gasteiger charge is 2.29. The molecule has 0 radical (unpaired) electrons. The lowest BCUT2D eigenvalue weighted by molar-refractivity contribution is -0.135. The number of aromatic nitrogens is 2. The summed E-state index contributed by atoms with van der Waals surface area (Å²) < 4.78 is 20.5. The summed E-state index contributed by atoms with van der Waals surface area (Å²) in [6, 6.07) is 8.18. The van der Waals surface area contributed by atoms with Gasteiger partial charge in [0.25, 0.3) is 0 Å². The van der Waals surface area contributed by atoms with Crippen LogP contribution in [0.3, 0.4) is 0 Å². The molecule has 2 aromatic heterocycles. The quantitative estimate of drug-likeness (QED) is 0.729. The van der Waals surface area contributed by atoms with Crippen molar-refractivity contribution in [1.82, 2.24) is 14.6 Å². The third-order valence-corrected chi connectivity index (χ3v) is 5.09. The molecular weight excluding hydrogens is 321 g/mol. The Hall–Kier alpha value is -2.63. The van der Waals surface area contributed by atoms with Gasteiger partial charge in [0, 0.05) is 42.9 Å². The van der Waals surface area contributed by atoms with Crippen LogP contribution >= 0.6 is 0 Å². The first-order chi connectivity index (χ1) is 12.1. The highest BCUT2D eigenvalue weighted by molar-refractivity contribution is 5.81. The Balaban J connectivity index is 1.45. The Labute approximate surface area is 145 Å². The zero-order valence-corrected chi connectivity index (χ0v) is 14.1. The number of carbonyl (C=O) groups excluding carboxylic acids is 1. The van der Waals surface area contributed by atoms with E-state index >= 15 is 0 Å². The van der Waals surface area contributed by atoms with Crippen molar-refractivity contribution in [2.45, 2.75) is 31.7 Å². The van der Waals surface area contributed by atoms with E-state index in [1.807, 2.05) is 40.9 Å². The third-order valence-electron chi connectivity index (χ3n) is 5.09. The number of amides is 1. The smallest absolute Gasteiger partial charge is 0.245 e. The van der Waals surface area contributed by atoms with Gasteiger partial charge in [0.1, 0.15) is 11.9 Å². The average Bonchev–Trinajstić information content (AvgIpc) is 3.30. The number of piperidine rings is 1. The summed E-state index contributed by atoms with van der Waals surface area (Å²) in [4.78, 5) is 14.6. The second-order valence-corrected chi connectivity index (χ2v) is 6.61. The summed E-state index contributed by atoms with van der Waals surface area (Å²) in [5.41, 5.74) is 1.36.